The molecule has 0 aromatic heterocycles. The van der Waals surface area contributed by atoms with Crippen molar-refractivity contribution >= 4 is 15.9 Å². The van der Waals surface area contributed by atoms with Crippen molar-refractivity contribution in [3.8, 4) is 0 Å². The maximum atomic E-state index is 3.71. The molecule has 0 unspecified atom stereocenters. The normalized spacial score (nSPS) is 26.9. The zero-order valence-electron chi connectivity index (χ0n) is 13.1. The van der Waals surface area contributed by atoms with Gasteiger partial charge in [-0.3, -0.25) is 0 Å². The van der Waals surface area contributed by atoms with E-state index in [0.29, 0.717) is 5.41 Å². The molecule has 1 aliphatic rings. The zero-order valence-corrected chi connectivity index (χ0v) is 14.7. The molecule has 1 nitrogen and oxygen atoms in total. The minimum absolute atomic E-state index is 0.338. The molecule has 2 heteroatoms. The average molecular weight is 338 g/mol. The summed E-state index contributed by atoms with van der Waals surface area (Å²) in [5.41, 5.74) is 1.85. The fourth-order valence-electron chi connectivity index (χ4n) is 3.30. The Morgan fingerprint density at radius 3 is 2.60 bits per heavy atom. The summed E-state index contributed by atoms with van der Waals surface area (Å²) < 4.78 is 1.21. The van der Waals surface area contributed by atoms with Gasteiger partial charge in [-0.25, -0.2) is 0 Å². The van der Waals surface area contributed by atoms with Gasteiger partial charge in [-0.1, -0.05) is 48.8 Å². The van der Waals surface area contributed by atoms with Crippen LogP contribution in [0.4, 0.5) is 0 Å². The number of halogens is 1. The highest BCUT2D eigenvalue weighted by Gasteiger charge is 2.35. The summed E-state index contributed by atoms with van der Waals surface area (Å²) in [6.07, 6.45) is 5.34. The topological polar surface area (TPSA) is 12.0 Å². The third kappa shape index (κ3) is 4.08. The highest BCUT2D eigenvalue weighted by atomic mass is 79.9. The van der Waals surface area contributed by atoms with Crippen molar-refractivity contribution in [3.63, 3.8) is 0 Å². The van der Waals surface area contributed by atoms with Crippen molar-refractivity contribution in [2.75, 3.05) is 13.1 Å². The van der Waals surface area contributed by atoms with E-state index in [4.69, 9.17) is 0 Å². The lowest BCUT2D eigenvalue weighted by Crippen LogP contribution is -2.42. The first-order valence-electron chi connectivity index (χ1n) is 7.98. The van der Waals surface area contributed by atoms with Crippen LogP contribution in [0.1, 0.15) is 52.0 Å². The molecule has 0 saturated heterocycles. The highest BCUT2D eigenvalue weighted by molar-refractivity contribution is 9.10. The summed E-state index contributed by atoms with van der Waals surface area (Å²) in [4.78, 5) is 0. The van der Waals surface area contributed by atoms with Gasteiger partial charge in [0, 0.05) is 16.4 Å². The number of hydrogen-bond acceptors (Lipinski definition) is 1. The predicted molar refractivity (Wildman–Crippen MR) is 91.2 cm³/mol. The predicted octanol–water partition coefficient (Wildman–Crippen LogP) is 5.14. The SMILES string of the molecule is CC(C)CNCC1(c2cccc(Br)c2)CCC(C)CC1. The molecule has 0 aliphatic heterocycles. The fraction of sp³-hybridized carbons (Fsp3) is 0.667. The average Bonchev–Trinajstić information content (AvgIpc) is 2.41. The quantitative estimate of drug-likeness (QED) is 0.784. The molecule has 1 fully saturated rings. The van der Waals surface area contributed by atoms with E-state index in [1.54, 1.807) is 0 Å². The molecule has 20 heavy (non-hydrogen) atoms. The molecule has 1 N–H and O–H groups in total. The monoisotopic (exact) mass is 337 g/mol. The van der Waals surface area contributed by atoms with Gasteiger partial charge < -0.3 is 5.32 Å². The Labute approximate surface area is 132 Å². The van der Waals surface area contributed by atoms with Gasteiger partial charge in [0.05, 0.1) is 0 Å². The molecule has 1 aromatic carbocycles. The largest absolute Gasteiger partial charge is 0.316 e. The fourth-order valence-corrected chi connectivity index (χ4v) is 3.70. The molecule has 0 amide bonds. The van der Waals surface area contributed by atoms with Gasteiger partial charge in [-0.15, -0.1) is 0 Å². The minimum atomic E-state index is 0.338. The molecule has 112 valence electrons. The maximum absolute atomic E-state index is 3.71. The van der Waals surface area contributed by atoms with Crippen LogP contribution in [0.15, 0.2) is 28.7 Å². The third-order valence-electron chi connectivity index (χ3n) is 4.68. The van der Waals surface area contributed by atoms with Crippen LogP contribution in [0.2, 0.25) is 0 Å². The highest BCUT2D eigenvalue weighted by Crippen LogP contribution is 2.41. The van der Waals surface area contributed by atoms with Gasteiger partial charge in [0.25, 0.3) is 0 Å². The van der Waals surface area contributed by atoms with E-state index in [1.165, 1.54) is 35.7 Å². The third-order valence-corrected chi connectivity index (χ3v) is 5.18. The van der Waals surface area contributed by atoms with Gasteiger partial charge in [-0.2, -0.15) is 0 Å². The first-order chi connectivity index (χ1) is 9.52. The van der Waals surface area contributed by atoms with Crippen LogP contribution >= 0.6 is 15.9 Å². The molecule has 1 saturated carbocycles. The lowest BCUT2D eigenvalue weighted by atomic mass is 9.67. The van der Waals surface area contributed by atoms with Crippen LogP contribution in [0.3, 0.4) is 0 Å². The van der Waals surface area contributed by atoms with Crippen LogP contribution in [0, 0.1) is 11.8 Å². The summed E-state index contributed by atoms with van der Waals surface area (Å²) in [5, 5.41) is 3.71. The number of rotatable bonds is 5. The summed E-state index contributed by atoms with van der Waals surface area (Å²) in [7, 11) is 0. The molecule has 0 atom stereocenters. The molecular weight excluding hydrogens is 310 g/mol. The Balaban J connectivity index is 2.15. The van der Waals surface area contributed by atoms with Crippen LogP contribution in [-0.4, -0.2) is 13.1 Å². The Hall–Kier alpha value is -0.340. The summed E-state index contributed by atoms with van der Waals surface area (Å²) >= 11 is 3.64. The Kier molecular flexibility index (Phi) is 5.68. The molecular formula is C18H28BrN. The van der Waals surface area contributed by atoms with E-state index in [2.05, 4.69) is 66.3 Å². The molecule has 2 rings (SSSR count). The van der Waals surface area contributed by atoms with Crippen molar-refractivity contribution in [2.45, 2.75) is 51.9 Å². The van der Waals surface area contributed by atoms with E-state index in [0.717, 1.165) is 24.9 Å². The Bertz CT molecular complexity index is 419. The van der Waals surface area contributed by atoms with E-state index in [-0.39, 0.29) is 0 Å². The number of hydrogen-bond donors (Lipinski definition) is 1. The van der Waals surface area contributed by atoms with Crippen LogP contribution < -0.4 is 5.32 Å². The lowest BCUT2D eigenvalue weighted by Gasteiger charge is -2.40. The number of nitrogens with one attached hydrogen (secondary N) is 1. The second-order valence-electron chi connectivity index (χ2n) is 7.00. The van der Waals surface area contributed by atoms with E-state index < -0.39 is 0 Å². The lowest BCUT2D eigenvalue weighted by molar-refractivity contribution is 0.231. The minimum Gasteiger partial charge on any atom is -0.316 e. The zero-order chi connectivity index (χ0) is 14.6. The molecule has 1 aliphatic carbocycles. The molecule has 0 spiro atoms. The van der Waals surface area contributed by atoms with Crippen LogP contribution in [-0.2, 0) is 5.41 Å². The van der Waals surface area contributed by atoms with Gasteiger partial charge >= 0.3 is 0 Å². The van der Waals surface area contributed by atoms with Crippen molar-refractivity contribution in [2.24, 2.45) is 11.8 Å². The van der Waals surface area contributed by atoms with Crippen LogP contribution in [0.25, 0.3) is 0 Å². The standard InChI is InChI=1S/C18H28BrN/c1-14(2)12-20-13-18(9-7-15(3)8-10-18)16-5-4-6-17(19)11-16/h4-6,11,14-15,20H,7-10,12-13H2,1-3H3. The Morgan fingerprint density at radius 1 is 1.30 bits per heavy atom. The smallest absolute Gasteiger partial charge is 0.0178 e. The van der Waals surface area contributed by atoms with Gasteiger partial charge in [0.15, 0.2) is 0 Å². The maximum Gasteiger partial charge on any atom is 0.0178 e. The first kappa shape index (κ1) is 16.0. The molecule has 0 bridgehead atoms. The van der Waals surface area contributed by atoms with Gasteiger partial charge in [-0.05, 0) is 61.8 Å². The Morgan fingerprint density at radius 2 is 2.00 bits per heavy atom. The van der Waals surface area contributed by atoms with Gasteiger partial charge in [0.1, 0.15) is 0 Å². The summed E-state index contributed by atoms with van der Waals surface area (Å²) in [6.45, 7) is 9.19. The van der Waals surface area contributed by atoms with Gasteiger partial charge in [0.2, 0.25) is 0 Å². The van der Waals surface area contributed by atoms with E-state index >= 15 is 0 Å². The molecule has 1 aromatic rings. The van der Waals surface area contributed by atoms with Crippen molar-refractivity contribution in [1.29, 1.82) is 0 Å². The summed E-state index contributed by atoms with van der Waals surface area (Å²) in [5.74, 6) is 1.61. The molecule has 0 radical (unpaired) electrons. The van der Waals surface area contributed by atoms with E-state index in [1.807, 2.05) is 0 Å². The summed E-state index contributed by atoms with van der Waals surface area (Å²) in [6, 6.07) is 8.96. The van der Waals surface area contributed by atoms with Crippen molar-refractivity contribution in [3.05, 3.63) is 34.3 Å². The second kappa shape index (κ2) is 7.09. The van der Waals surface area contributed by atoms with Crippen molar-refractivity contribution < 1.29 is 0 Å². The van der Waals surface area contributed by atoms with Crippen molar-refractivity contribution in [1.82, 2.24) is 5.32 Å². The van der Waals surface area contributed by atoms with E-state index in [9.17, 15) is 0 Å². The second-order valence-corrected chi connectivity index (χ2v) is 7.91. The first-order valence-corrected chi connectivity index (χ1v) is 8.78. The number of benzene rings is 1. The molecule has 0 heterocycles. The van der Waals surface area contributed by atoms with Crippen LogP contribution in [0.5, 0.6) is 0 Å².